The second-order valence-corrected chi connectivity index (χ2v) is 16.6. The molecule has 8 heteroatoms. The van der Waals surface area contributed by atoms with Gasteiger partial charge in [-0.15, -0.1) is 11.3 Å². The summed E-state index contributed by atoms with van der Waals surface area (Å²) in [6.07, 6.45) is 0. The van der Waals surface area contributed by atoms with E-state index in [4.69, 9.17) is 4.43 Å². The molecule has 0 aromatic carbocycles. The predicted octanol–water partition coefficient (Wildman–Crippen LogP) is 5.02. The van der Waals surface area contributed by atoms with Crippen LogP contribution in [-0.4, -0.2) is 28.9 Å². The van der Waals surface area contributed by atoms with Crippen molar-refractivity contribution in [1.29, 1.82) is 0 Å². The highest BCUT2D eigenvalue weighted by Crippen LogP contribution is 2.37. The molecule has 23 heavy (non-hydrogen) atoms. The van der Waals surface area contributed by atoms with Crippen molar-refractivity contribution in [3.8, 4) is 0 Å². The van der Waals surface area contributed by atoms with Gasteiger partial charge >= 0.3 is 0 Å². The van der Waals surface area contributed by atoms with Gasteiger partial charge in [0.25, 0.3) is 0 Å². The summed E-state index contributed by atoms with van der Waals surface area (Å²) in [5.41, 5.74) is 0. The normalized spacial score (nSPS) is 16.4. The summed E-state index contributed by atoms with van der Waals surface area (Å²) in [5.74, 6) is 0. The number of hydrogen-bond donors (Lipinski definition) is 1. The van der Waals surface area contributed by atoms with Gasteiger partial charge in [0.15, 0.2) is 8.32 Å². The predicted molar refractivity (Wildman–Crippen MR) is 107 cm³/mol. The van der Waals surface area contributed by atoms with Crippen molar-refractivity contribution < 1.29 is 8.63 Å². The Morgan fingerprint density at radius 3 is 2.30 bits per heavy atom. The molecule has 0 saturated carbocycles. The lowest BCUT2D eigenvalue weighted by molar-refractivity contribution is 0.257. The Morgan fingerprint density at radius 1 is 1.35 bits per heavy atom. The number of thiazole rings is 1. The third kappa shape index (κ3) is 6.32. The molecule has 0 fully saturated rings. The van der Waals surface area contributed by atoms with Crippen LogP contribution >= 0.6 is 27.3 Å². The summed E-state index contributed by atoms with van der Waals surface area (Å²) in [6.45, 7) is 17.5. The summed E-state index contributed by atoms with van der Waals surface area (Å²) >= 11 is 4.94. The summed E-state index contributed by atoms with van der Waals surface area (Å²) in [5, 5.41) is 2.98. The van der Waals surface area contributed by atoms with Crippen LogP contribution < -0.4 is 4.72 Å². The van der Waals surface area contributed by atoms with Crippen molar-refractivity contribution in [2.24, 2.45) is 0 Å². The molecule has 134 valence electrons. The van der Waals surface area contributed by atoms with E-state index < -0.39 is 19.3 Å². The zero-order chi connectivity index (χ0) is 18.1. The van der Waals surface area contributed by atoms with Crippen molar-refractivity contribution in [1.82, 2.24) is 9.71 Å². The first-order valence-electron chi connectivity index (χ1n) is 7.67. The van der Waals surface area contributed by atoms with Crippen LogP contribution in [0.3, 0.4) is 0 Å². The average molecular weight is 442 g/mol. The number of halogens is 1. The van der Waals surface area contributed by atoms with Gasteiger partial charge in [-0.3, -0.25) is 0 Å². The Balaban J connectivity index is 2.91. The minimum atomic E-state index is -1.86. The van der Waals surface area contributed by atoms with Crippen molar-refractivity contribution in [3.63, 3.8) is 0 Å². The minimum Gasteiger partial charge on any atom is -0.415 e. The van der Waals surface area contributed by atoms with Crippen molar-refractivity contribution in [3.05, 3.63) is 15.0 Å². The molecule has 0 aliphatic carbocycles. The largest absolute Gasteiger partial charge is 0.415 e. The van der Waals surface area contributed by atoms with Gasteiger partial charge in [0, 0.05) is 5.38 Å². The molecule has 0 aliphatic rings. The quantitative estimate of drug-likeness (QED) is 0.631. The fourth-order valence-corrected chi connectivity index (χ4v) is 4.58. The van der Waals surface area contributed by atoms with Gasteiger partial charge in [-0.25, -0.2) is 13.9 Å². The van der Waals surface area contributed by atoms with Crippen LogP contribution in [0.25, 0.3) is 0 Å². The van der Waals surface area contributed by atoms with E-state index in [1.165, 1.54) is 0 Å². The number of aromatic nitrogens is 1. The summed E-state index contributed by atoms with van der Waals surface area (Å²) in [6, 6.07) is -0.166. The maximum atomic E-state index is 12.5. The highest BCUT2D eigenvalue weighted by atomic mass is 79.9. The molecule has 1 heterocycles. The Labute approximate surface area is 156 Å². The number of hydrogen-bond acceptors (Lipinski definition) is 4. The highest BCUT2D eigenvalue weighted by molar-refractivity contribution is 9.10. The Bertz CT molecular complexity index is 550. The monoisotopic (exact) mass is 440 g/mol. The number of nitrogens with one attached hydrogen (secondary N) is 1. The van der Waals surface area contributed by atoms with E-state index in [9.17, 15) is 4.21 Å². The van der Waals surface area contributed by atoms with E-state index in [0.717, 1.165) is 9.61 Å². The van der Waals surface area contributed by atoms with E-state index >= 15 is 0 Å². The van der Waals surface area contributed by atoms with Gasteiger partial charge in [0.1, 0.15) is 9.61 Å². The van der Waals surface area contributed by atoms with Gasteiger partial charge in [-0.1, -0.05) is 20.8 Å². The maximum Gasteiger partial charge on any atom is 0.192 e. The molecule has 1 N–H and O–H groups in total. The van der Waals surface area contributed by atoms with Gasteiger partial charge in [-0.2, -0.15) is 0 Å². The standard InChI is InChI=1S/C15H29BrN2O2S2Si/c1-14(2,3)22(19)18-11(13-17-12(16)10-21-13)9-20-23(7,8)15(4,5)6/h10-11,18H,9H2,1-8H3/t11-,22+/m0/s1. The molecule has 0 bridgehead atoms. The van der Waals surface area contributed by atoms with Crippen LogP contribution in [0.15, 0.2) is 9.98 Å². The third-order valence-corrected chi connectivity index (χ3v) is 11.8. The van der Waals surface area contributed by atoms with Crippen LogP contribution in [0.2, 0.25) is 18.1 Å². The summed E-state index contributed by atoms with van der Waals surface area (Å²) in [7, 11) is -3.04. The Kier molecular flexibility index (Phi) is 7.22. The molecule has 1 aromatic rings. The Hall–Kier alpha value is 0.397. The van der Waals surface area contributed by atoms with Gasteiger partial charge < -0.3 is 4.43 Å². The van der Waals surface area contributed by atoms with Crippen molar-refractivity contribution >= 4 is 46.6 Å². The summed E-state index contributed by atoms with van der Waals surface area (Å²) in [4.78, 5) is 4.48. The van der Waals surface area contributed by atoms with E-state index in [1.54, 1.807) is 11.3 Å². The SMILES string of the molecule is CC(C)(C)[S@@](=O)N[C@@H](CO[Si](C)(C)C(C)(C)C)c1nc(Br)cs1. The third-order valence-electron chi connectivity index (χ3n) is 4.01. The Morgan fingerprint density at radius 2 is 1.91 bits per heavy atom. The zero-order valence-electron chi connectivity index (χ0n) is 15.3. The zero-order valence-corrected chi connectivity index (χ0v) is 19.5. The molecule has 0 saturated heterocycles. The fraction of sp³-hybridized carbons (Fsp3) is 0.800. The van der Waals surface area contributed by atoms with Crippen molar-refractivity contribution in [2.75, 3.05) is 6.61 Å². The molecule has 0 unspecified atom stereocenters. The second-order valence-electron chi connectivity index (χ2n) is 8.13. The van der Waals surface area contributed by atoms with Gasteiger partial charge in [0.2, 0.25) is 0 Å². The van der Waals surface area contributed by atoms with Crippen molar-refractivity contribution in [2.45, 2.75) is 70.5 Å². The molecule has 0 aliphatic heterocycles. The number of nitrogens with zero attached hydrogens (tertiary/aromatic N) is 1. The van der Waals surface area contributed by atoms with E-state index in [2.05, 4.69) is 59.5 Å². The molecule has 0 spiro atoms. The molecule has 4 nitrogen and oxygen atoms in total. The highest BCUT2D eigenvalue weighted by Gasteiger charge is 2.38. The second kappa shape index (κ2) is 7.74. The maximum absolute atomic E-state index is 12.5. The van der Waals surface area contributed by atoms with Crippen LogP contribution in [-0.2, 0) is 15.4 Å². The molecule has 1 aromatic heterocycles. The molecule has 0 amide bonds. The first kappa shape index (κ1) is 21.4. The molecule has 1 rings (SSSR count). The van der Waals surface area contributed by atoms with Crippen LogP contribution in [0.5, 0.6) is 0 Å². The fourth-order valence-electron chi connectivity index (χ4n) is 1.40. The minimum absolute atomic E-state index is 0.143. The lowest BCUT2D eigenvalue weighted by Gasteiger charge is -2.37. The van der Waals surface area contributed by atoms with E-state index in [0.29, 0.717) is 6.61 Å². The van der Waals surface area contributed by atoms with Gasteiger partial charge in [0.05, 0.1) is 28.4 Å². The lowest BCUT2D eigenvalue weighted by atomic mass is 10.2. The van der Waals surface area contributed by atoms with E-state index in [-0.39, 0.29) is 15.8 Å². The van der Waals surface area contributed by atoms with Crippen LogP contribution in [0.1, 0.15) is 52.6 Å². The first-order chi connectivity index (χ1) is 10.2. The number of rotatable bonds is 6. The molecule has 0 radical (unpaired) electrons. The molecular weight excluding hydrogens is 412 g/mol. The topological polar surface area (TPSA) is 51.2 Å². The molecule has 2 atom stereocenters. The lowest BCUT2D eigenvalue weighted by Crippen LogP contribution is -2.44. The van der Waals surface area contributed by atoms with Crippen LogP contribution in [0.4, 0.5) is 0 Å². The smallest absolute Gasteiger partial charge is 0.192 e. The summed E-state index contributed by atoms with van der Waals surface area (Å²) < 4.78 is 22.5. The average Bonchev–Trinajstić information content (AvgIpc) is 2.78. The van der Waals surface area contributed by atoms with E-state index in [1.807, 2.05) is 26.2 Å². The first-order valence-corrected chi connectivity index (χ1v) is 13.4. The van der Waals surface area contributed by atoms with Crippen LogP contribution in [0, 0.1) is 0 Å². The molecular formula is C15H29BrN2O2S2Si. The van der Waals surface area contributed by atoms with Gasteiger partial charge in [-0.05, 0) is 54.8 Å².